The van der Waals surface area contributed by atoms with E-state index >= 15 is 0 Å². The van der Waals surface area contributed by atoms with Gasteiger partial charge in [-0.2, -0.15) is 0 Å². The molecular formula is C30H38O2S8. The van der Waals surface area contributed by atoms with Crippen LogP contribution in [0, 0.1) is 11.8 Å². The number of carbonyl (C=O) groups excluding carboxylic acids is 2. The van der Waals surface area contributed by atoms with Crippen molar-refractivity contribution in [3.8, 4) is 0 Å². The minimum atomic E-state index is 0.0501. The molecule has 40 heavy (non-hydrogen) atoms. The second-order valence-corrected chi connectivity index (χ2v) is 19.1. The average molecular weight is 687 g/mol. The molecule has 0 amide bonds. The van der Waals surface area contributed by atoms with Gasteiger partial charge >= 0.3 is 0 Å². The van der Waals surface area contributed by atoms with Crippen LogP contribution in [0.3, 0.4) is 0 Å². The molecule has 0 saturated heterocycles. The van der Waals surface area contributed by atoms with Crippen molar-refractivity contribution in [1.82, 2.24) is 0 Å². The lowest BCUT2D eigenvalue weighted by Crippen LogP contribution is -2.14. The molecule has 2 aliphatic rings. The first-order valence-electron chi connectivity index (χ1n) is 13.3. The van der Waals surface area contributed by atoms with Crippen LogP contribution >= 0.6 is 94.1 Å². The molecule has 0 aromatic heterocycles. The molecule has 0 spiro atoms. The smallest absolute Gasteiger partial charge is 0.211 e. The third kappa shape index (κ3) is 10.8. The third-order valence-electron chi connectivity index (χ3n) is 6.48. The van der Waals surface area contributed by atoms with Gasteiger partial charge in [0.15, 0.2) is 0 Å². The fraction of sp³-hybridized carbons (Fsp3) is 0.467. The molecule has 0 saturated carbocycles. The quantitative estimate of drug-likeness (QED) is 0.124. The molecule has 3 rings (SSSR count). The van der Waals surface area contributed by atoms with E-state index in [9.17, 15) is 9.59 Å². The predicted octanol–water partition coefficient (Wildman–Crippen LogP) is 10.9. The van der Waals surface area contributed by atoms with Gasteiger partial charge in [0.05, 0.1) is 9.16 Å². The highest BCUT2D eigenvalue weighted by Gasteiger charge is 2.31. The maximum Gasteiger partial charge on any atom is 0.211 e. The first kappa shape index (κ1) is 34.8. The monoisotopic (exact) mass is 686 g/mol. The van der Waals surface area contributed by atoms with Crippen LogP contribution in [-0.2, 0) is 9.59 Å². The van der Waals surface area contributed by atoms with E-state index in [1.165, 1.54) is 65.1 Å². The van der Waals surface area contributed by atoms with E-state index in [1.54, 1.807) is 0 Å². The second-order valence-electron chi connectivity index (χ2n) is 9.22. The molecule has 1 aromatic rings. The lowest BCUT2D eigenvalue weighted by Gasteiger charge is -2.21. The molecule has 2 heterocycles. The van der Waals surface area contributed by atoms with Crippen LogP contribution in [-0.4, -0.2) is 42.4 Å². The Hall–Kier alpha value is 0.320. The molecule has 0 aliphatic carbocycles. The lowest BCUT2D eigenvalue weighted by atomic mass is 10.1. The summed E-state index contributed by atoms with van der Waals surface area (Å²) in [5, 5.41) is 0.100. The van der Waals surface area contributed by atoms with Crippen molar-refractivity contribution in [2.24, 2.45) is 11.8 Å². The van der Waals surface area contributed by atoms with Crippen LogP contribution in [0.4, 0.5) is 0 Å². The van der Waals surface area contributed by atoms with Gasteiger partial charge in [0.25, 0.3) is 0 Å². The number of carbonyl (C=O) groups is 2. The molecule has 0 radical (unpaired) electrons. The zero-order valence-corrected chi connectivity index (χ0v) is 30.0. The summed E-state index contributed by atoms with van der Waals surface area (Å²) in [6.45, 7) is 16.1. The standard InChI is InChI=1S/C30H38O2S8/c1-7-21(29-37-19(5)25(39-29)17-35-27(31)9-3)15-33-23-11-13-24(14-12-23)34-16-22(8-2)30-38-20(6)26(40-30)18-36-28(32)10-4/h9-14,21-22,29-30H,3-4,7-8,15-18H2,1-2,5-6H3. The molecule has 218 valence electrons. The molecule has 0 N–H and O–H groups in total. The maximum atomic E-state index is 11.6. The van der Waals surface area contributed by atoms with Gasteiger partial charge in [-0.25, -0.2) is 0 Å². The SMILES string of the molecule is C=CC(=O)SCC1=C(C)SC(C(CC)CSc2ccc(SCC(CC)C3SC(C)=C(CSC(=O)C=C)S3)cc2)S1. The van der Waals surface area contributed by atoms with Crippen LogP contribution in [0.15, 0.2) is 79.0 Å². The summed E-state index contributed by atoms with van der Waals surface area (Å²) in [5.74, 6) is 4.96. The van der Waals surface area contributed by atoms with Gasteiger partial charge in [-0.05, 0) is 71.9 Å². The van der Waals surface area contributed by atoms with E-state index in [2.05, 4.69) is 65.1 Å². The summed E-state index contributed by atoms with van der Waals surface area (Å²) in [5.41, 5.74) is 0. The lowest BCUT2D eigenvalue weighted by molar-refractivity contribution is -0.107. The molecule has 2 nitrogen and oxygen atoms in total. The molecule has 1 aromatic carbocycles. The molecule has 0 fully saturated rings. The van der Waals surface area contributed by atoms with Crippen LogP contribution in [0.25, 0.3) is 0 Å². The van der Waals surface area contributed by atoms with Crippen molar-refractivity contribution >= 4 is 104 Å². The topological polar surface area (TPSA) is 34.1 Å². The molecule has 10 heteroatoms. The summed E-state index contributed by atoms with van der Waals surface area (Å²) < 4.78 is 1.05. The number of benzene rings is 1. The van der Waals surface area contributed by atoms with Gasteiger partial charge in [0.1, 0.15) is 0 Å². The van der Waals surface area contributed by atoms with Gasteiger partial charge in [-0.15, -0.1) is 70.6 Å². The van der Waals surface area contributed by atoms with Crippen molar-refractivity contribution in [1.29, 1.82) is 0 Å². The number of hydrogen-bond acceptors (Lipinski definition) is 10. The Kier molecular flexibility index (Phi) is 15.8. The first-order valence-corrected chi connectivity index (χ1v) is 20.7. The Labute approximate surface area is 275 Å². The molecule has 4 atom stereocenters. The normalized spacial score (nSPS) is 20.6. The van der Waals surface area contributed by atoms with Crippen molar-refractivity contribution in [3.05, 3.63) is 69.2 Å². The Morgan fingerprint density at radius 3 is 1.45 bits per heavy atom. The molecule has 0 bridgehead atoms. The number of hydrogen-bond donors (Lipinski definition) is 0. The van der Waals surface area contributed by atoms with Crippen molar-refractivity contribution in [2.45, 2.75) is 59.5 Å². The zero-order chi connectivity index (χ0) is 29.1. The van der Waals surface area contributed by atoms with Gasteiger partial charge in [0.2, 0.25) is 10.2 Å². The highest BCUT2D eigenvalue weighted by atomic mass is 32.2. The number of rotatable bonds is 16. The summed E-state index contributed by atoms with van der Waals surface area (Å²) in [6, 6.07) is 9.11. The summed E-state index contributed by atoms with van der Waals surface area (Å²) in [4.78, 5) is 31.4. The Bertz CT molecular complexity index is 1020. The maximum absolute atomic E-state index is 11.6. The highest BCUT2D eigenvalue weighted by Crippen LogP contribution is 2.52. The van der Waals surface area contributed by atoms with E-state index in [4.69, 9.17) is 0 Å². The van der Waals surface area contributed by atoms with Gasteiger partial charge in [-0.1, -0.05) is 63.4 Å². The van der Waals surface area contributed by atoms with Crippen molar-refractivity contribution in [3.63, 3.8) is 0 Å². The minimum Gasteiger partial charge on any atom is -0.282 e. The molecule has 4 unspecified atom stereocenters. The number of thioether (sulfide) groups is 8. The predicted molar refractivity (Wildman–Crippen MR) is 194 cm³/mol. The largest absolute Gasteiger partial charge is 0.282 e. The van der Waals surface area contributed by atoms with Crippen LogP contribution < -0.4 is 0 Å². The van der Waals surface area contributed by atoms with E-state index < -0.39 is 0 Å². The fourth-order valence-electron chi connectivity index (χ4n) is 3.84. The first-order chi connectivity index (χ1) is 19.3. The summed E-state index contributed by atoms with van der Waals surface area (Å²) in [7, 11) is 0. The molecule has 2 aliphatic heterocycles. The van der Waals surface area contributed by atoms with Crippen LogP contribution in [0.2, 0.25) is 0 Å². The van der Waals surface area contributed by atoms with Gasteiger partial charge < -0.3 is 0 Å². The summed E-state index contributed by atoms with van der Waals surface area (Å²) in [6.07, 6.45) is 5.11. The van der Waals surface area contributed by atoms with E-state index in [0.29, 0.717) is 21.0 Å². The third-order valence-corrected chi connectivity index (χ3v) is 17.6. The van der Waals surface area contributed by atoms with E-state index in [-0.39, 0.29) is 10.2 Å². The summed E-state index contributed by atoms with van der Waals surface area (Å²) >= 11 is 14.5. The second kappa shape index (κ2) is 18.2. The molecular weight excluding hydrogens is 649 g/mol. The van der Waals surface area contributed by atoms with E-state index in [1.807, 2.05) is 70.6 Å². The zero-order valence-electron chi connectivity index (χ0n) is 23.5. The Balaban J connectivity index is 1.44. The van der Waals surface area contributed by atoms with E-state index in [0.717, 1.165) is 35.9 Å². The van der Waals surface area contributed by atoms with Gasteiger partial charge in [-0.3, -0.25) is 9.59 Å². The van der Waals surface area contributed by atoms with Crippen LogP contribution in [0.1, 0.15) is 40.5 Å². The Morgan fingerprint density at radius 2 is 1.12 bits per heavy atom. The van der Waals surface area contributed by atoms with Crippen LogP contribution in [0.5, 0.6) is 0 Å². The Morgan fingerprint density at radius 1 is 0.750 bits per heavy atom. The fourth-order valence-corrected chi connectivity index (χ4v) is 15.4. The average Bonchev–Trinajstić information content (AvgIpc) is 3.52. The minimum absolute atomic E-state index is 0.0501. The number of allylic oxidation sites excluding steroid dienone is 2. The van der Waals surface area contributed by atoms with Crippen molar-refractivity contribution < 1.29 is 9.59 Å². The van der Waals surface area contributed by atoms with Gasteiger partial charge in [0, 0.05) is 42.6 Å². The van der Waals surface area contributed by atoms with Crippen molar-refractivity contribution in [2.75, 3.05) is 23.0 Å². The highest BCUT2D eigenvalue weighted by molar-refractivity contribution is 8.25.